The van der Waals surface area contributed by atoms with Crippen LogP contribution in [0.1, 0.15) is 16.2 Å². The molecule has 2 rings (SSSR count). The fraction of sp³-hybridized carbons (Fsp3) is 0.273. The number of benzene rings is 1. The van der Waals surface area contributed by atoms with Crippen molar-refractivity contribution in [1.82, 2.24) is 25.1 Å². The van der Waals surface area contributed by atoms with Crippen molar-refractivity contribution in [2.75, 3.05) is 7.05 Å². The van der Waals surface area contributed by atoms with Crippen molar-refractivity contribution in [3.05, 3.63) is 40.1 Å². The molecule has 1 aromatic carbocycles. The lowest BCUT2D eigenvalue weighted by Gasteiger charge is -2.16. The molecule has 0 fully saturated rings. The van der Waals surface area contributed by atoms with Gasteiger partial charge in [-0.2, -0.15) is 0 Å². The Morgan fingerprint density at radius 3 is 2.78 bits per heavy atom. The Hall–Kier alpha value is -1.76. The van der Waals surface area contributed by atoms with Crippen molar-refractivity contribution >= 4 is 21.8 Å². The van der Waals surface area contributed by atoms with E-state index in [0.717, 1.165) is 4.47 Å². The minimum Gasteiger partial charge on any atom is -0.334 e. The Kier molecular flexibility index (Phi) is 3.71. The van der Waals surface area contributed by atoms with E-state index in [1.54, 1.807) is 29.7 Å². The molecule has 0 spiro atoms. The lowest BCUT2D eigenvalue weighted by Crippen LogP contribution is -2.27. The maximum atomic E-state index is 12.2. The Morgan fingerprint density at radius 1 is 1.44 bits per heavy atom. The number of halogens is 1. The van der Waals surface area contributed by atoms with Gasteiger partial charge in [0.25, 0.3) is 5.91 Å². The van der Waals surface area contributed by atoms with Crippen molar-refractivity contribution in [2.24, 2.45) is 7.05 Å². The first kappa shape index (κ1) is 12.7. The summed E-state index contributed by atoms with van der Waals surface area (Å²) in [6.07, 6.45) is 0. The Labute approximate surface area is 113 Å². The maximum absolute atomic E-state index is 12.2. The number of carbonyl (C=O) groups excluding carboxylic acids is 1. The first-order valence-electron chi connectivity index (χ1n) is 5.31. The second-order valence-electron chi connectivity index (χ2n) is 3.86. The van der Waals surface area contributed by atoms with E-state index in [4.69, 9.17) is 0 Å². The number of nitrogens with zero attached hydrogens (tertiary/aromatic N) is 5. The molecule has 94 valence electrons. The fourth-order valence-electron chi connectivity index (χ4n) is 1.51. The molecule has 7 heteroatoms. The average molecular weight is 310 g/mol. The first-order valence-corrected chi connectivity index (χ1v) is 6.10. The van der Waals surface area contributed by atoms with Crippen LogP contribution in [-0.2, 0) is 13.6 Å². The summed E-state index contributed by atoms with van der Waals surface area (Å²) in [5.41, 5.74) is 0.620. The maximum Gasteiger partial charge on any atom is 0.255 e. The molecular formula is C11H12BrN5O. The number of hydrogen-bond acceptors (Lipinski definition) is 4. The van der Waals surface area contributed by atoms with Crippen LogP contribution >= 0.6 is 15.9 Å². The summed E-state index contributed by atoms with van der Waals surface area (Å²) in [6, 6.07) is 7.31. The number of tetrazole rings is 1. The van der Waals surface area contributed by atoms with E-state index >= 15 is 0 Å². The number of carbonyl (C=O) groups is 1. The van der Waals surface area contributed by atoms with Crippen LogP contribution in [0, 0.1) is 0 Å². The minimum absolute atomic E-state index is 0.0783. The monoisotopic (exact) mass is 309 g/mol. The summed E-state index contributed by atoms with van der Waals surface area (Å²) in [6.45, 7) is 0.365. The van der Waals surface area contributed by atoms with E-state index in [1.807, 2.05) is 18.2 Å². The van der Waals surface area contributed by atoms with Gasteiger partial charge in [0.05, 0.1) is 12.1 Å². The molecule has 0 bridgehead atoms. The molecule has 1 heterocycles. The molecule has 0 unspecified atom stereocenters. The quantitative estimate of drug-likeness (QED) is 0.856. The molecular weight excluding hydrogens is 298 g/mol. The van der Waals surface area contributed by atoms with Gasteiger partial charge in [-0.15, -0.1) is 5.10 Å². The molecule has 0 N–H and O–H groups in total. The van der Waals surface area contributed by atoms with Crippen LogP contribution in [0.4, 0.5) is 0 Å². The molecule has 0 saturated heterocycles. The Morgan fingerprint density at radius 2 is 2.17 bits per heavy atom. The van der Waals surface area contributed by atoms with Crippen LogP contribution < -0.4 is 0 Å². The summed E-state index contributed by atoms with van der Waals surface area (Å²) < 4.78 is 2.32. The summed E-state index contributed by atoms with van der Waals surface area (Å²) >= 11 is 3.36. The van der Waals surface area contributed by atoms with Gasteiger partial charge in [-0.1, -0.05) is 12.1 Å². The van der Waals surface area contributed by atoms with Crippen LogP contribution in [0.25, 0.3) is 0 Å². The topological polar surface area (TPSA) is 63.9 Å². The summed E-state index contributed by atoms with van der Waals surface area (Å²) in [4.78, 5) is 13.8. The lowest BCUT2D eigenvalue weighted by molar-refractivity contribution is 0.0779. The van der Waals surface area contributed by atoms with Gasteiger partial charge in [0.1, 0.15) is 0 Å². The largest absolute Gasteiger partial charge is 0.334 e. The molecule has 0 saturated carbocycles. The molecule has 1 amide bonds. The van der Waals surface area contributed by atoms with Crippen LogP contribution in [0.5, 0.6) is 0 Å². The van der Waals surface area contributed by atoms with E-state index in [0.29, 0.717) is 17.9 Å². The van der Waals surface area contributed by atoms with Gasteiger partial charge in [-0.3, -0.25) is 4.79 Å². The van der Waals surface area contributed by atoms with E-state index in [2.05, 4.69) is 31.5 Å². The number of rotatable bonds is 3. The number of hydrogen-bond donors (Lipinski definition) is 0. The zero-order valence-electron chi connectivity index (χ0n) is 10.0. The smallest absolute Gasteiger partial charge is 0.255 e. The highest BCUT2D eigenvalue weighted by Crippen LogP contribution is 2.17. The zero-order chi connectivity index (χ0) is 13.1. The molecule has 2 aromatic rings. The summed E-state index contributed by atoms with van der Waals surface area (Å²) in [5, 5.41) is 11.1. The predicted molar refractivity (Wildman–Crippen MR) is 68.7 cm³/mol. The van der Waals surface area contributed by atoms with E-state index in [9.17, 15) is 4.79 Å². The highest BCUT2D eigenvalue weighted by atomic mass is 79.9. The van der Waals surface area contributed by atoms with Crippen LogP contribution in [0.2, 0.25) is 0 Å². The summed E-state index contributed by atoms with van der Waals surface area (Å²) in [7, 11) is 3.46. The zero-order valence-corrected chi connectivity index (χ0v) is 11.6. The third-order valence-corrected chi connectivity index (χ3v) is 3.23. The molecule has 0 radical (unpaired) electrons. The lowest BCUT2D eigenvalue weighted by atomic mass is 10.2. The number of aryl methyl sites for hydroxylation is 1. The van der Waals surface area contributed by atoms with Gasteiger partial charge < -0.3 is 4.90 Å². The van der Waals surface area contributed by atoms with Crippen molar-refractivity contribution in [3.8, 4) is 0 Å². The molecule has 0 aliphatic carbocycles. The SMILES string of the molecule is CN(Cc1nnnn1C)C(=O)c1ccccc1Br. The highest BCUT2D eigenvalue weighted by Gasteiger charge is 2.16. The molecule has 18 heavy (non-hydrogen) atoms. The van der Waals surface area contributed by atoms with Crippen molar-refractivity contribution < 1.29 is 4.79 Å². The second-order valence-corrected chi connectivity index (χ2v) is 4.71. The Bertz CT molecular complexity index is 568. The third kappa shape index (κ3) is 2.56. The van der Waals surface area contributed by atoms with Gasteiger partial charge >= 0.3 is 0 Å². The molecule has 6 nitrogen and oxygen atoms in total. The van der Waals surface area contributed by atoms with Crippen LogP contribution in [0.15, 0.2) is 28.7 Å². The van der Waals surface area contributed by atoms with Gasteiger partial charge in [-0.25, -0.2) is 4.68 Å². The molecule has 0 aliphatic heterocycles. The van der Waals surface area contributed by atoms with E-state index in [1.165, 1.54) is 0 Å². The average Bonchev–Trinajstić information content (AvgIpc) is 2.75. The van der Waals surface area contributed by atoms with Crippen molar-refractivity contribution in [1.29, 1.82) is 0 Å². The van der Waals surface area contributed by atoms with Gasteiger partial charge in [0.15, 0.2) is 5.82 Å². The number of aromatic nitrogens is 4. The van der Waals surface area contributed by atoms with Crippen LogP contribution in [-0.4, -0.2) is 38.1 Å². The fourth-order valence-corrected chi connectivity index (χ4v) is 1.96. The molecule has 0 aliphatic rings. The van der Waals surface area contributed by atoms with E-state index in [-0.39, 0.29) is 5.91 Å². The first-order chi connectivity index (χ1) is 8.59. The van der Waals surface area contributed by atoms with Gasteiger partial charge in [0, 0.05) is 18.6 Å². The normalized spacial score (nSPS) is 10.4. The summed E-state index contributed by atoms with van der Waals surface area (Å²) in [5.74, 6) is 0.559. The standard InChI is InChI=1S/C11H12BrN5O/c1-16(7-10-13-14-15-17(10)2)11(18)8-5-3-4-6-9(8)12/h3-6H,7H2,1-2H3. The highest BCUT2D eigenvalue weighted by molar-refractivity contribution is 9.10. The minimum atomic E-state index is -0.0783. The van der Waals surface area contributed by atoms with Crippen molar-refractivity contribution in [3.63, 3.8) is 0 Å². The van der Waals surface area contributed by atoms with Crippen LogP contribution in [0.3, 0.4) is 0 Å². The van der Waals surface area contributed by atoms with E-state index < -0.39 is 0 Å². The molecule has 0 atom stereocenters. The van der Waals surface area contributed by atoms with Gasteiger partial charge in [0.2, 0.25) is 0 Å². The third-order valence-electron chi connectivity index (χ3n) is 2.54. The predicted octanol–water partition coefficient (Wildman–Crippen LogP) is 1.24. The van der Waals surface area contributed by atoms with Gasteiger partial charge in [-0.05, 0) is 38.5 Å². The Balaban J connectivity index is 2.15. The van der Waals surface area contributed by atoms with Crippen molar-refractivity contribution in [2.45, 2.75) is 6.54 Å². The number of amides is 1. The molecule has 1 aromatic heterocycles. The second kappa shape index (κ2) is 5.26.